The molecule has 0 fully saturated rings. The van der Waals surface area contributed by atoms with Crippen molar-refractivity contribution in [3.8, 4) is 5.75 Å². The molecule has 88 valence electrons. The summed E-state index contributed by atoms with van der Waals surface area (Å²) in [7, 11) is 0. The van der Waals surface area contributed by atoms with Gasteiger partial charge in [-0.25, -0.2) is 4.79 Å². The lowest BCUT2D eigenvalue weighted by Crippen LogP contribution is -2.15. The number of carbonyl (C=O) groups excluding carboxylic acids is 1. The maximum Gasteiger partial charge on any atom is 0.344 e. The molecule has 0 saturated carbocycles. The van der Waals surface area contributed by atoms with E-state index < -0.39 is 0 Å². The largest absolute Gasteiger partial charge is 0.482 e. The number of hydrogen-bond donors (Lipinski definition) is 0. The Labute approximate surface area is 100 Å². The van der Waals surface area contributed by atoms with Gasteiger partial charge in [0.25, 0.3) is 0 Å². The molecule has 0 aliphatic rings. The molecule has 1 aromatic rings. The zero-order valence-electron chi connectivity index (χ0n) is 9.46. The van der Waals surface area contributed by atoms with E-state index in [-0.39, 0.29) is 12.6 Å². The predicted molar refractivity (Wildman–Crippen MR) is 63.0 cm³/mol. The molecule has 0 radical (unpaired) electrons. The van der Waals surface area contributed by atoms with E-state index in [1.165, 1.54) is 0 Å². The molecule has 0 atom stereocenters. The summed E-state index contributed by atoms with van der Waals surface area (Å²) in [5, 5.41) is 0.667. The molecule has 1 rings (SSSR count). The normalized spacial score (nSPS) is 9.94. The summed E-state index contributed by atoms with van der Waals surface area (Å²) in [6.07, 6.45) is 0.804. The summed E-state index contributed by atoms with van der Waals surface area (Å²) in [5.41, 5.74) is 0.983. The third-order valence-electron chi connectivity index (χ3n) is 2.05. The third kappa shape index (κ3) is 3.74. The van der Waals surface area contributed by atoms with Gasteiger partial charge in [-0.2, -0.15) is 0 Å². The Morgan fingerprint density at radius 1 is 1.38 bits per heavy atom. The van der Waals surface area contributed by atoms with Crippen molar-refractivity contribution in [2.75, 3.05) is 13.2 Å². The molecule has 0 aliphatic heterocycles. The number of esters is 1. The van der Waals surface area contributed by atoms with Crippen molar-refractivity contribution < 1.29 is 14.3 Å². The fourth-order valence-corrected chi connectivity index (χ4v) is 1.50. The second-order valence-electron chi connectivity index (χ2n) is 3.20. The summed E-state index contributed by atoms with van der Waals surface area (Å²) in [6.45, 7) is 4.06. The Morgan fingerprint density at radius 3 is 2.75 bits per heavy atom. The molecule has 4 heteroatoms. The fraction of sp³-hybridized carbons (Fsp3) is 0.417. The lowest BCUT2D eigenvalue weighted by atomic mass is 10.1. The van der Waals surface area contributed by atoms with E-state index in [0.29, 0.717) is 17.4 Å². The average molecular weight is 243 g/mol. The topological polar surface area (TPSA) is 35.5 Å². The standard InChI is InChI=1S/C12H15ClO3/c1-3-9-7-10(13)5-6-11(9)16-8-12(14)15-4-2/h5-7H,3-4,8H2,1-2H3. The number of ether oxygens (including phenoxy) is 2. The van der Waals surface area contributed by atoms with Gasteiger partial charge in [0.2, 0.25) is 0 Å². The van der Waals surface area contributed by atoms with Crippen LogP contribution in [0.3, 0.4) is 0 Å². The molecule has 0 saturated heterocycles. The zero-order valence-corrected chi connectivity index (χ0v) is 10.2. The highest BCUT2D eigenvalue weighted by molar-refractivity contribution is 6.30. The maximum absolute atomic E-state index is 11.1. The van der Waals surface area contributed by atoms with Crippen LogP contribution in [0.1, 0.15) is 19.4 Å². The van der Waals surface area contributed by atoms with Crippen LogP contribution in [0.2, 0.25) is 5.02 Å². The van der Waals surface area contributed by atoms with Gasteiger partial charge in [-0.3, -0.25) is 0 Å². The first-order chi connectivity index (χ1) is 7.67. The average Bonchev–Trinajstić information content (AvgIpc) is 2.27. The van der Waals surface area contributed by atoms with E-state index in [2.05, 4.69) is 0 Å². The summed E-state index contributed by atoms with van der Waals surface area (Å²) in [6, 6.07) is 5.34. The quantitative estimate of drug-likeness (QED) is 0.745. The SMILES string of the molecule is CCOC(=O)COc1ccc(Cl)cc1CC. The summed E-state index contributed by atoms with van der Waals surface area (Å²) in [5.74, 6) is 0.319. The van der Waals surface area contributed by atoms with Gasteiger partial charge in [0.15, 0.2) is 6.61 Å². The van der Waals surface area contributed by atoms with Crippen LogP contribution in [0.4, 0.5) is 0 Å². The van der Waals surface area contributed by atoms with Crippen molar-refractivity contribution in [3.63, 3.8) is 0 Å². The van der Waals surface area contributed by atoms with E-state index in [1.54, 1.807) is 19.1 Å². The molecule has 0 N–H and O–H groups in total. The van der Waals surface area contributed by atoms with Gasteiger partial charge in [0.1, 0.15) is 5.75 Å². The number of aryl methyl sites for hydroxylation is 1. The van der Waals surface area contributed by atoms with Crippen molar-refractivity contribution in [1.29, 1.82) is 0 Å². The van der Waals surface area contributed by atoms with Gasteiger partial charge in [0, 0.05) is 5.02 Å². The molecule has 0 amide bonds. The van der Waals surface area contributed by atoms with Crippen molar-refractivity contribution in [2.45, 2.75) is 20.3 Å². The van der Waals surface area contributed by atoms with Crippen LogP contribution in [0, 0.1) is 0 Å². The minimum Gasteiger partial charge on any atom is -0.482 e. The summed E-state index contributed by atoms with van der Waals surface area (Å²) < 4.78 is 10.1. The predicted octanol–water partition coefficient (Wildman–Crippen LogP) is 2.84. The smallest absolute Gasteiger partial charge is 0.344 e. The lowest BCUT2D eigenvalue weighted by Gasteiger charge is -2.10. The first-order valence-corrected chi connectivity index (χ1v) is 5.62. The monoisotopic (exact) mass is 242 g/mol. The van der Waals surface area contributed by atoms with E-state index >= 15 is 0 Å². The van der Waals surface area contributed by atoms with Crippen molar-refractivity contribution in [1.82, 2.24) is 0 Å². The minimum atomic E-state index is -0.362. The first-order valence-electron chi connectivity index (χ1n) is 5.24. The Bertz CT molecular complexity index is 363. The van der Waals surface area contributed by atoms with Crippen LogP contribution < -0.4 is 4.74 Å². The highest BCUT2D eigenvalue weighted by Crippen LogP contribution is 2.23. The Balaban J connectivity index is 2.63. The summed E-state index contributed by atoms with van der Waals surface area (Å²) in [4.78, 5) is 11.1. The molecule has 0 unspecified atom stereocenters. The molecular formula is C12H15ClO3. The molecule has 1 aromatic carbocycles. The van der Waals surface area contributed by atoms with Crippen LogP contribution in [0.25, 0.3) is 0 Å². The molecule has 16 heavy (non-hydrogen) atoms. The van der Waals surface area contributed by atoms with Crippen LogP contribution in [0.5, 0.6) is 5.75 Å². The number of rotatable bonds is 5. The highest BCUT2D eigenvalue weighted by atomic mass is 35.5. The second-order valence-corrected chi connectivity index (χ2v) is 3.64. The first kappa shape index (κ1) is 12.8. The van der Waals surface area contributed by atoms with E-state index in [4.69, 9.17) is 21.1 Å². The van der Waals surface area contributed by atoms with Crippen molar-refractivity contribution >= 4 is 17.6 Å². The highest BCUT2D eigenvalue weighted by Gasteiger charge is 2.06. The fourth-order valence-electron chi connectivity index (χ4n) is 1.30. The number of halogens is 1. The van der Waals surface area contributed by atoms with Crippen molar-refractivity contribution in [3.05, 3.63) is 28.8 Å². The molecule has 3 nitrogen and oxygen atoms in total. The van der Waals surface area contributed by atoms with E-state index in [0.717, 1.165) is 12.0 Å². The van der Waals surface area contributed by atoms with Crippen LogP contribution >= 0.6 is 11.6 Å². The molecular weight excluding hydrogens is 228 g/mol. The van der Waals surface area contributed by atoms with Gasteiger partial charge in [0.05, 0.1) is 6.61 Å². The van der Waals surface area contributed by atoms with Gasteiger partial charge in [-0.15, -0.1) is 0 Å². The zero-order chi connectivity index (χ0) is 12.0. The molecule has 0 aromatic heterocycles. The van der Waals surface area contributed by atoms with Crippen LogP contribution in [0.15, 0.2) is 18.2 Å². The molecule has 0 heterocycles. The molecule has 0 aliphatic carbocycles. The minimum absolute atomic E-state index is 0.0670. The van der Waals surface area contributed by atoms with Crippen LogP contribution in [-0.4, -0.2) is 19.2 Å². The Hall–Kier alpha value is -1.22. The van der Waals surface area contributed by atoms with Gasteiger partial charge >= 0.3 is 5.97 Å². The van der Waals surface area contributed by atoms with Crippen LogP contribution in [-0.2, 0) is 16.0 Å². The number of carbonyl (C=O) groups is 1. The third-order valence-corrected chi connectivity index (χ3v) is 2.29. The number of hydrogen-bond acceptors (Lipinski definition) is 3. The lowest BCUT2D eigenvalue weighted by molar-refractivity contribution is -0.145. The summed E-state index contributed by atoms with van der Waals surface area (Å²) >= 11 is 5.86. The van der Waals surface area contributed by atoms with E-state index in [9.17, 15) is 4.79 Å². The van der Waals surface area contributed by atoms with Gasteiger partial charge in [-0.05, 0) is 37.1 Å². The van der Waals surface area contributed by atoms with Crippen molar-refractivity contribution in [2.24, 2.45) is 0 Å². The second kappa shape index (κ2) is 6.38. The maximum atomic E-state index is 11.1. The van der Waals surface area contributed by atoms with Gasteiger partial charge < -0.3 is 9.47 Å². The Kier molecular flexibility index (Phi) is 5.12. The number of benzene rings is 1. The molecule has 0 spiro atoms. The van der Waals surface area contributed by atoms with E-state index in [1.807, 2.05) is 13.0 Å². The molecule has 0 bridgehead atoms. The Morgan fingerprint density at radius 2 is 2.12 bits per heavy atom. The van der Waals surface area contributed by atoms with Gasteiger partial charge in [-0.1, -0.05) is 18.5 Å².